The van der Waals surface area contributed by atoms with Gasteiger partial charge in [-0.3, -0.25) is 14.2 Å². The van der Waals surface area contributed by atoms with Crippen molar-refractivity contribution in [2.24, 2.45) is 5.92 Å². The normalized spacial score (nSPS) is 16.6. The van der Waals surface area contributed by atoms with Gasteiger partial charge in [-0.05, 0) is 24.3 Å². The fourth-order valence-electron chi connectivity index (χ4n) is 2.93. The molecule has 1 aliphatic heterocycles. The molecule has 0 bridgehead atoms. The van der Waals surface area contributed by atoms with E-state index < -0.39 is 5.92 Å². The van der Waals surface area contributed by atoms with Crippen LogP contribution in [-0.4, -0.2) is 37.9 Å². The Morgan fingerprint density at radius 2 is 2.04 bits per heavy atom. The molecule has 8 nitrogen and oxygen atoms in total. The molecular formula is C18H15FN6O2. The summed E-state index contributed by atoms with van der Waals surface area (Å²) in [5.41, 5.74) is 0.570. The summed E-state index contributed by atoms with van der Waals surface area (Å²) >= 11 is 0. The van der Waals surface area contributed by atoms with E-state index >= 15 is 0 Å². The van der Waals surface area contributed by atoms with Crippen LogP contribution in [-0.2, 0) is 9.59 Å². The number of halogens is 1. The van der Waals surface area contributed by atoms with E-state index in [-0.39, 0.29) is 30.6 Å². The van der Waals surface area contributed by atoms with E-state index in [1.165, 1.54) is 35.5 Å². The van der Waals surface area contributed by atoms with Gasteiger partial charge in [-0.2, -0.15) is 0 Å². The molecule has 27 heavy (non-hydrogen) atoms. The van der Waals surface area contributed by atoms with E-state index in [1.807, 2.05) is 0 Å². The average molecular weight is 366 g/mol. The third-order valence-electron chi connectivity index (χ3n) is 4.31. The molecule has 1 saturated heterocycles. The smallest absolute Gasteiger partial charge is 0.230 e. The van der Waals surface area contributed by atoms with Crippen LogP contribution in [0.4, 0.5) is 15.9 Å². The molecular weight excluding hydrogens is 351 g/mol. The largest absolute Gasteiger partial charge is 0.312 e. The zero-order valence-corrected chi connectivity index (χ0v) is 14.1. The molecule has 4 rings (SSSR count). The van der Waals surface area contributed by atoms with Gasteiger partial charge in [-0.25, -0.2) is 19.3 Å². The summed E-state index contributed by atoms with van der Waals surface area (Å²) in [5, 5.41) is 2.73. The van der Waals surface area contributed by atoms with Crippen molar-refractivity contribution < 1.29 is 14.0 Å². The van der Waals surface area contributed by atoms with E-state index in [2.05, 4.69) is 20.3 Å². The Bertz CT molecular complexity index is 974. The molecule has 1 aromatic carbocycles. The van der Waals surface area contributed by atoms with E-state index in [9.17, 15) is 14.0 Å². The van der Waals surface area contributed by atoms with Crippen molar-refractivity contribution in [3.05, 3.63) is 61.2 Å². The Kier molecular flexibility index (Phi) is 4.33. The van der Waals surface area contributed by atoms with Crippen molar-refractivity contribution in [2.75, 3.05) is 16.8 Å². The predicted molar refractivity (Wildman–Crippen MR) is 94.6 cm³/mol. The van der Waals surface area contributed by atoms with Crippen LogP contribution in [0.1, 0.15) is 6.42 Å². The van der Waals surface area contributed by atoms with Crippen molar-refractivity contribution >= 4 is 23.3 Å². The zero-order chi connectivity index (χ0) is 18.8. The Morgan fingerprint density at radius 1 is 1.22 bits per heavy atom. The molecule has 9 heteroatoms. The summed E-state index contributed by atoms with van der Waals surface area (Å²) in [4.78, 5) is 38.4. The van der Waals surface area contributed by atoms with Gasteiger partial charge in [-0.15, -0.1) is 0 Å². The number of amides is 2. The van der Waals surface area contributed by atoms with E-state index in [4.69, 9.17) is 0 Å². The van der Waals surface area contributed by atoms with Crippen LogP contribution in [0.2, 0.25) is 0 Å². The van der Waals surface area contributed by atoms with Crippen molar-refractivity contribution in [1.82, 2.24) is 19.5 Å². The monoisotopic (exact) mass is 366 g/mol. The minimum absolute atomic E-state index is 0.0860. The number of imidazole rings is 1. The minimum atomic E-state index is -0.519. The highest BCUT2D eigenvalue weighted by molar-refractivity contribution is 6.03. The molecule has 2 amide bonds. The second kappa shape index (κ2) is 6.94. The number of nitrogens with zero attached hydrogens (tertiary/aromatic N) is 5. The van der Waals surface area contributed by atoms with E-state index in [0.717, 1.165) is 0 Å². The van der Waals surface area contributed by atoms with Gasteiger partial charge in [0.25, 0.3) is 0 Å². The molecule has 136 valence electrons. The first kappa shape index (κ1) is 16.8. The topological polar surface area (TPSA) is 93.0 Å². The van der Waals surface area contributed by atoms with Gasteiger partial charge in [0.05, 0.1) is 5.92 Å². The lowest BCUT2D eigenvalue weighted by Gasteiger charge is -2.16. The van der Waals surface area contributed by atoms with Crippen molar-refractivity contribution in [3.63, 3.8) is 0 Å². The SMILES string of the molecule is O=C(Nc1cc(-n2ccnc2)ncn1)C1CC(=O)N(c2ccc(F)cc2)C1. The van der Waals surface area contributed by atoms with Crippen LogP contribution in [0.5, 0.6) is 0 Å². The van der Waals surface area contributed by atoms with Gasteiger partial charge in [0.15, 0.2) is 0 Å². The molecule has 2 aromatic heterocycles. The number of carbonyl (C=O) groups excluding carboxylic acids is 2. The maximum Gasteiger partial charge on any atom is 0.230 e. The fourth-order valence-corrected chi connectivity index (χ4v) is 2.93. The molecule has 3 heterocycles. The lowest BCUT2D eigenvalue weighted by Crippen LogP contribution is -2.28. The van der Waals surface area contributed by atoms with E-state index in [1.54, 1.807) is 29.4 Å². The highest BCUT2D eigenvalue weighted by Crippen LogP contribution is 2.26. The lowest BCUT2D eigenvalue weighted by molar-refractivity contribution is -0.122. The van der Waals surface area contributed by atoms with Gasteiger partial charge in [0, 0.05) is 37.1 Å². The van der Waals surface area contributed by atoms with Gasteiger partial charge < -0.3 is 10.2 Å². The van der Waals surface area contributed by atoms with Crippen LogP contribution < -0.4 is 10.2 Å². The van der Waals surface area contributed by atoms with Crippen molar-refractivity contribution in [3.8, 4) is 5.82 Å². The molecule has 1 atom stereocenters. The fraction of sp³-hybridized carbons (Fsp3) is 0.167. The molecule has 1 aliphatic rings. The quantitative estimate of drug-likeness (QED) is 0.760. The van der Waals surface area contributed by atoms with Gasteiger partial charge in [0.1, 0.15) is 30.1 Å². The highest BCUT2D eigenvalue weighted by atomic mass is 19.1. The number of nitrogens with one attached hydrogen (secondary N) is 1. The first-order valence-corrected chi connectivity index (χ1v) is 8.27. The molecule has 0 aliphatic carbocycles. The van der Waals surface area contributed by atoms with Gasteiger partial charge >= 0.3 is 0 Å². The molecule has 3 aromatic rings. The maximum atomic E-state index is 13.1. The Hall–Kier alpha value is -3.62. The molecule has 0 spiro atoms. The molecule has 1 fully saturated rings. The molecule has 0 radical (unpaired) electrons. The number of hydrogen-bond donors (Lipinski definition) is 1. The Balaban J connectivity index is 1.45. The molecule has 1 N–H and O–H groups in total. The van der Waals surface area contributed by atoms with E-state index in [0.29, 0.717) is 17.3 Å². The van der Waals surface area contributed by atoms with Crippen LogP contribution >= 0.6 is 0 Å². The second-order valence-electron chi connectivity index (χ2n) is 6.10. The van der Waals surface area contributed by atoms with Crippen LogP contribution in [0.15, 0.2) is 55.4 Å². The number of benzene rings is 1. The Morgan fingerprint density at radius 3 is 2.78 bits per heavy atom. The standard InChI is InChI=1S/C18H15FN6O2/c19-13-1-3-14(4-2-13)25-9-12(7-17(25)26)18(27)23-15-8-16(22-10-21-15)24-6-5-20-11-24/h1-6,8,10-12H,7,9H2,(H,21,22,23,27). The maximum absolute atomic E-state index is 13.1. The van der Waals surface area contributed by atoms with Crippen molar-refractivity contribution in [1.29, 1.82) is 0 Å². The minimum Gasteiger partial charge on any atom is -0.312 e. The van der Waals surface area contributed by atoms with Crippen LogP contribution in [0.25, 0.3) is 5.82 Å². The summed E-state index contributed by atoms with van der Waals surface area (Å²) in [6.07, 6.45) is 6.36. The van der Waals surface area contributed by atoms with Crippen molar-refractivity contribution in [2.45, 2.75) is 6.42 Å². The first-order valence-electron chi connectivity index (χ1n) is 8.27. The summed E-state index contributed by atoms with van der Waals surface area (Å²) < 4.78 is 14.8. The number of rotatable bonds is 4. The molecule has 1 unspecified atom stereocenters. The predicted octanol–water partition coefficient (Wildman–Crippen LogP) is 1.79. The van der Waals surface area contributed by atoms with Crippen LogP contribution in [0.3, 0.4) is 0 Å². The summed E-state index contributed by atoms with van der Waals surface area (Å²) in [5.74, 6) is -0.474. The summed E-state index contributed by atoms with van der Waals surface area (Å²) in [7, 11) is 0. The second-order valence-corrected chi connectivity index (χ2v) is 6.10. The average Bonchev–Trinajstić information content (AvgIpc) is 3.33. The third-order valence-corrected chi connectivity index (χ3v) is 4.31. The summed E-state index contributed by atoms with van der Waals surface area (Å²) in [6, 6.07) is 7.24. The summed E-state index contributed by atoms with van der Waals surface area (Å²) in [6.45, 7) is 0.232. The number of carbonyl (C=O) groups is 2. The zero-order valence-electron chi connectivity index (χ0n) is 14.1. The Labute approximate surface area is 153 Å². The first-order chi connectivity index (χ1) is 13.1. The highest BCUT2D eigenvalue weighted by Gasteiger charge is 2.35. The molecule has 0 saturated carbocycles. The third kappa shape index (κ3) is 3.52. The van der Waals surface area contributed by atoms with Gasteiger partial charge in [0.2, 0.25) is 11.8 Å². The van der Waals surface area contributed by atoms with Crippen LogP contribution in [0, 0.1) is 11.7 Å². The number of hydrogen-bond acceptors (Lipinski definition) is 5. The van der Waals surface area contributed by atoms with Gasteiger partial charge in [-0.1, -0.05) is 0 Å². The number of anilines is 2. The lowest BCUT2D eigenvalue weighted by atomic mass is 10.1. The number of aromatic nitrogens is 4.